The van der Waals surface area contributed by atoms with E-state index >= 15 is 0 Å². The van der Waals surface area contributed by atoms with Gasteiger partial charge in [0.1, 0.15) is 5.69 Å². The minimum Gasteiger partial charge on any atom is -0.335 e. The zero-order valence-corrected chi connectivity index (χ0v) is 15.7. The third-order valence-corrected chi connectivity index (χ3v) is 5.41. The van der Waals surface area contributed by atoms with Crippen molar-refractivity contribution in [3.8, 4) is 33.9 Å². The van der Waals surface area contributed by atoms with E-state index in [2.05, 4.69) is 56.9 Å². The lowest BCUT2D eigenvalue weighted by molar-refractivity contribution is 1.09. The van der Waals surface area contributed by atoms with Crippen molar-refractivity contribution in [1.82, 2.24) is 40.1 Å². The second-order valence-corrected chi connectivity index (χ2v) is 7.22. The first-order chi connectivity index (χ1) is 14.4. The number of thiophene rings is 1. The average molecular weight is 396 g/mol. The van der Waals surface area contributed by atoms with Gasteiger partial charge in [0, 0.05) is 35.9 Å². The fraction of sp³-hybridized carbons (Fsp3) is 0. The van der Waals surface area contributed by atoms with Crippen LogP contribution in [0.15, 0.2) is 59.9 Å². The van der Waals surface area contributed by atoms with Gasteiger partial charge in [0.05, 0.1) is 22.8 Å². The topological polar surface area (TPSA) is 109 Å². The number of hydrogen-bond donors (Lipinski definition) is 2. The molecule has 6 aromatic heterocycles. The van der Waals surface area contributed by atoms with Gasteiger partial charge in [-0.2, -0.15) is 16.4 Å². The van der Waals surface area contributed by atoms with Crippen molar-refractivity contribution in [3.63, 3.8) is 0 Å². The molecular weight excluding hydrogens is 384 g/mol. The average Bonchev–Trinajstić information content (AvgIpc) is 3.52. The summed E-state index contributed by atoms with van der Waals surface area (Å²) in [7, 11) is 0. The van der Waals surface area contributed by atoms with Crippen molar-refractivity contribution in [2.45, 2.75) is 0 Å². The molecule has 0 aliphatic heterocycles. The maximum Gasteiger partial charge on any atom is 0.181 e. The predicted octanol–water partition coefficient (Wildman–Crippen LogP) is 4.08. The quantitative estimate of drug-likeness (QED) is 0.466. The number of pyridine rings is 2. The van der Waals surface area contributed by atoms with Crippen LogP contribution in [0.25, 0.3) is 56.1 Å². The lowest BCUT2D eigenvalue weighted by Gasteiger charge is -2.00. The molecule has 0 aliphatic rings. The molecule has 8 nitrogen and oxygen atoms in total. The number of hydrogen-bond acceptors (Lipinski definition) is 7. The van der Waals surface area contributed by atoms with Gasteiger partial charge in [-0.1, -0.05) is 0 Å². The van der Waals surface area contributed by atoms with E-state index in [-0.39, 0.29) is 0 Å². The van der Waals surface area contributed by atoms with Gasteiger partial charge in [-0.05, 0) is 34.5 Å². The van der Waals surface area contributed by atoms with Crippen molar-refractivity contribution in [1.29, 1.82) is 0 Å². The minimum atomic E-state index is 0.610. The van der Waals surface area contributed by atoms with Gasteiger partial charge >= 0.3 is 0 Å². The van der Waals surface area contributed by atoms with Crippen LogP contribution in [0.5, 0.6) is 0 Å². The highest BCUT2D eigenvalue weighted by Crippen LogP contribution is 2.32. The van der Waals surface area contributed by atoms with E-state index in [0.29, 0.717) is 17.1 Å². The summed E-state index contributed by atoms with van der Waals surface area (Å²) in [5.74, 6) is 0.663. The van der Waals surface area contributed by atoms with Gasteiger partial charge in [0.25, 0.3) is 0 Å². The van der Waals surface area contributed by atoms with Crippen molar-refractivity contribution in [3.05, 3.63) is 59.9 Å². The Hall–Kier alpha value is -3.98. The number of H-pyrrole nitrogens is 2. The molecule has 6 rings (SSSR count). The van der Waals surface area contributed by atoms with Crippen molar-refractivity contribution < 1.29 is 0 Å². The van der Waals surface area contributed by atoms with Crippen molar-refractivity contribution in [2.75, 3.05) is 0 Å². The van der Waals surface area contributed by atoms with Crippen LogP contribution in [-0.4, -0.2) is 40.1 Å². The van der Waals surface area contributed by atoms with Crippen LogP contribution in [0.4, 0.5) is 0 Å². The molecule has 0 amide bonds. The summed E-state index contributed by atoms with van der Waals surface area (Å²) in [4.78, 5) is 25.5. The third kappa shape index (κ3) is 2.59. The Morgan fingerprint density at radius 1 is 0.897 bits per heavy atom. The largest absolute Gasteiger partial charge is 0.335 e. The molecular formula is C20H12N8S. The molecule has 0 aliphatic carbocycles. The van der Waals surface area contributed by atoms with Crippen LogP contribution in [-0.2, 0) is 0 Å². The first-order valence-electron chi connectivity index (χ1n) is 8.85. The number of rotatable bonds is 3. The molecule has 29 heavy (non-hydrogen) atoms. The Labute approximate surface area is 167 Å². The maximum atomic E-state index is 4.69. The molecule has 0 spiro atoms. The number of aromatic amines is 2. The predicted molar refractivity (Wildman–Crippen MR) is 111 cm³/mol. The number of nitrogens with one attached hydrogen (secondary N) is 2. The third-order valence-electron chi connectivity index (χ3n) is 4.73. The molecule has 0 saturated heterocycles. The highest BCUT2D eigenvalue weighted by molar-refractivity contribution is 7.08. The van der Waals surface area contributed by atoms with Crippen LogP contribution in [0.2, 0.25) is 0 Å². The molecule has 6 heterocycles. The standard InChI is InChI=1S/C20H12N8S/c1-3-23-19-16(13(1)11-2-6-29-10-11)25-20(26-19)17-14-7-12(8-24-18(14)28-27-17)15-9-21-4-5-22-15/h1-10H,(H,23,25,26)(H,24,27,28). The molecule has 2 N–H and O–H groups in total. The van der Waals surface area contributed by atoms with Gasteiger partial charge in [0.15, 0.2) is 17.1 Å². The summed E-state index contributed by atoms with van der Waals surface area (Å²) in [6.45, 7) is 0. The van der Waals surface area contributed by atoms with E-state index in [4.69, 9.17) is 0 Å². The monoisotopic (exact) mass is 396 g/mol. The molecule has 0 radical (unpaired) electrons. The highest BCUT2D eigenvalue weighted by atomic mass is 32.1. The summed E-state index contributed by atoms with van der Waals surface area (Å²) in [5.41, 5.74) is 6.73. The first-order valence-corrected chi connectivity index (χ1v) is 9.79. The van der Waals surface area contributed by atoms with E-state index in [1.54, 1.807) is 42.3 Å². The number of aromatic nitrogens is 8. The van der Waals surface area contributed by atoms with E-state index in [0.717, 1.165) is 39.0 Å². The Bertz CT molecular complexity index is 1450. The molecule has 0 bridgehead atoms. The van der Waals surface area contributed by atoms with Crippen molar-refractivity contribution in [2.24, 2.45) is 0 Å². The summed E-state index contributed by atoms with van der Waals surface area (Å²) >= 11 is 1.66. The summed E-state index contributed by atoms with van der Waals surface area (Å²) < 4.78 is 0. The molecule has 9 heteroatoms. The number of fused-ring (bicyclic) bond motifs is 2. The Kier molecular flexibility index (Phi) is 3.47. The Morgan fingerprint density at radius 2 is 1.90 bits per heavy atom. The summed E-state index contributed by atoms with van der Waals surface area (Å²) in [6.07, 6.45) is 8.53. The van der Waals surface area contributed by atoms with E-state index in [1.165, 1.54) is 0 Å². The SMILES string of the molecule is c1cnc(-c2cnc3n[nH]c(-c4nc5nccc(-c6ccsc6)c5[nH]4)c3c2)cn1. The minimum absolute atomic E-state index is 0.610. The second kappa shape index (κ2) is 6.28. The van der Waals surface area contributed by atoms with Crippen LogP contribution < -0.4 is 0 Å². The molecule has 0 unspecified atom stereocenters. The fourth-order valence-corrected chi connectivity index (χ4v) is 4.01. The zero-order chi connectivity index (χ0) is 19.2. The molecule has 0 aromatic carbocycles. The van der Waals surface area contributed by atoms with Crippen LogP contribution in [0.3, 0.4) is 0 Å². The zero-order valence-electron chi connectivity index (χ0n) is 14.9. The van der Waals surface area contributed by atoms with Gasteiger partial charge in [-0.15, -0.1) is 0 Å². The lowest BCUT2D eigenvalue weighted by atomic mass is 10.1. The van der Waals surface area contributed by atoms with Gasteiger partial charge < -0.3 is 4.98 Å². The van der Waals surface area contributed by atoms with E-state index in [9.17, 15) is 0 Å². The van der Waals surface area contributed by atoms with Crippen molar-refractivity contribution >= 4 is 33.5 Å². The van der Waals surface area contributed by atoms with Crippen LogP contribution >= 0.6 is 11.3 Å². The highest BCUT2D eigenvalue weighted by Gasteiger charge is 2.16. The lowest BCUT2D eigenvalue weighted by Crippen LogP contribution is -1.87. The summed E-state index contributed by atoms with van der Waals surface area (Å²) in [5, 5.41) is 12.4. The Morgan fingerprint density at radius 3 is 2.76 bits per heavy atom. The smallest absolute Gasteiger partial charge is 0.181 e. The van der Waals surface area contributed by atoms with Gasteiger partial charge in [-0.3, -0.25) is 15.1 Å². The van der Waals surface area contributed by atoms with Gasteiger partial charge in [0.2, 0.25) is 0 Å². The molecule has 138 valence electrons. The van der Waals surface area contributed by atoms with Crippen LogP contribution in [0, 0.1) is 0 Å². The first kappa shape index (κ1) is 16.0. The normalized spacial score (nSPS) is 11.4. The Balaban J connectivity index is 1.53. The second-order valence-electron chi connectivity index (χ2n) is 6.44. The van der Waals surface area contributed by atoms with Crippen LogP contribution in [0.1, 0.15) is 0 Å². The maximum absolute atomic E-state index is 4.69. The molecule has 6 aromatic rings. The molecule has 0 saturated carbocycles. The fourth-order valence-electron chi connectivity index (χ4n) is 3.36. The van der Waals surface area contributed by atoms with E-state index < -0.39 is 0 Å². The van der Waals surface area contributed by atoms with Gasteiger partial charge in [-0.25, -0.2) is 15.0 Å². The summed E-state index contributed by atoms with van der Waals surface area (Å²) in [6, 6.07) is 6.07. The molecule has 0 fully saturated rings. The molecule has 0 atom stereocenters. The number of imidazole rings is 1. The number of nitrogens with zero attached hydrogens (tertiary/aromatic N) is 6. The van der Waals surface area contributed by atoms with E-state index in [1.807, 2.05) is 12.1 Å².